The summed E-state index contributed by atoms with van der Waals surface area (Å²) in [7, 11) is 1.61. The lowest BCUT2D eigenvalue weighted by molar-refractivity contribution is -0.129. The number of hydrogen-bond donors (Lipinski definition) is 5. The number of nitrogens with zero attached hydrogens (tertiary/aromatic N) is 3. The van der Waals surface area contributed by atoms with E-state index in [1.807, 2.05) is 0 Å². The molecule has 0 radical (unpaired) electrons. The zero-order valence-electron chi connectivity index (χ0n) is 24.1. The standard InChI is InChI=1S/C30H38FN7O5/c1-42-16-17-43-25-12-10-22(11-13-25)35-30-32-19-26(31)28(36-30)33-23-7-4-8-24(18-23)34-29(40)21-6-5-15-38(20-21)14-3-2-9-27(39)37-41/h4,7-8,10-13,18-19,21,41H,2-3,5-6,9,14-17,20H2,1H3,(H,34,40)(H,37,39)(H2,32,33,35,36). The van der Waals surface area contributed by atoms with Crippen LogP contribution in [0.4, 0.5) is 33.2 Å². The number of piperidine rings is 1. The van der Waals surface area contributed by atoms with Crippen molar-refractivity contribution in [1.82, 2.24) is 20.3 Å². The van der Waals surface area contributed by atoms with Crippen LogP contribution < -0.4 is 26.2 Å². The number of carbonyl (C=O) groups excluding carboxylic acids is 2. The van der Waals surface area contributed by atoms with Gasteiger partial charge < -0.3 is 30.3 Å². The number of nitrogens with one attached hydrogen (secondary N) is 4. The number of aromatic nitrogens is 2. The molecule has 3 aromatic rings. The summed E-state index contributed by atoms with van der Waals surface area (Å²) < 4.78 is 25.1. The van der Waals surface area contributed by atoms with E-state index in [0.717, 1.165) is 38.5 Å². The van der Waals surface area contributed by atoms with Crippen molar-refractivity contribution in [3.8, 4) is 5.75 Å². The van der Waals surface area contributed by atoms with Gasteiger partial charge in [0.2, 0.25) is 17.8 Å². The van der Waals surface area contributed by atoms with E-state index in [4.69, 9.17) is 14.7 Å². The lowest BCUT2D eigenvalue weighted by Crippen LogP contribution is -2.41. The molecule has 0 saturated carbocycles. The van der Waals surface area contributed by atoms with Crippen LogP contribution in [0.15, 0.2) is 54.7 Å². The summed E-state index contributed by atoms with van der Waals surface area (Å²) in [6, 6.07) is 14.2. The van der Waals surface area contributed by atoms with E-state index in [0.29, 0.717) is 49.0 Å². The Morgan fingerprint density at radius 2 is 1.88 bits per heavy atom. The molecule has 1 aliphatic heterocycles. The fraction of sp³-hybridized carbons (Fsp3) is 0.400. The first-order valence-electron chi connectivity index (χ1n) is 14.3. The van der Waals surface area contributed by atoms with Crippen LogP contribution in [0.3, 0.4) is 0 Å². The molecule has 2 aromatic carbocycles. The number of carbonyl (C=O) groups is 2. The molecule has 43 heavy (non-hydrogen) atoms. The van der Waals surface area contributed by atoms with E-state index in [9.17, 15) is 14.0 Å². The molecule has 230 valence electrons. The van der Waals surface area contributed by atoms with Crippen LogP contribution in [-0.4, -0.2) is 71.8 Å². The van der Waals surface area contributed by atoms with Gasteiger partial charge in [0, 0.05) is 37.1 Å². The molecule has 12 nitrogen and oxygen atoms in total. The van der Waals surface area contributed by atoms with Gasteiger partial charge in [-0.3, -0.25) is 14.8 Å². The number of amides is 2. The molecule has 13 heteroatoms. The number of rotatable bonds is 15. The molecule has 2 amide bonds. The Kier molecular flexibility index (Phi) is 12.0. The molecule has 1 aliphatic rings. The summed E-state index contributed by atoms with van der Waals surface area (Å²) in [5, 5.41) is 17.6. The molecule has 5 N–H and O–H groups in total. The summed E-state index contributed by atoms with van der Waals surface area (Å²) >= 11 is 0. The number of methoxy groups -OCH3 is 1. The number of likely N-dealkylation sites (tertiary alicyclic amines) is 1. The Bertz CT molecular complexity index is 1340. The van der Waals surface area contributed by atoms with Gasteiger partial charge in [0.15, 0.2) is 11.6 Å². The van der Waals surface area contributed by atoms with E-state index >= 15 is 0 Å². The molecule has 1 atom stereocenters. The van der Waals surface area contributed by atoms with Crippen LogP contribution >= 0.6 is 0 Å². The zero-order chi connectivity index (χ0) is 30.4. The van der Waals surface area contributed by atoms with Crippen molar-refractivity contribution in [2.24, 2.45) is 5.92 Å². The van der Waals surface area contributed by atoms with E-state index in [1.54, 1.807) is 61.1 Å². The van der Waals surface area contributed by atoms with Gasteiger partial charge in [0.1, 0.15) is 12.4 Å². The van der Waals surface area contributed by atoms with Crippen molar-refractivity contribution >= 4 is 40.6 Å². The average molecular weight is 596 g/mol. The van der Waals surface area contributed by atoms with Gasteiger partial charge in [-0.2, -0.15) is 4.98 Å². The van der Waals surface area contributed by atoms with Crippen molar-refractivity contribution in [3.63, 3.8) is 0 Å². The molecular weight excluding hydrogens is 557 g/mol. The lowest BCUT2D eigenvalue weighted by atomic mass is 9.96. The monoisotopic (exact) mass is 595 g/mol. The topological polar surface area (TPSA) is 150 Å². The Labute approximate surface area is 250 Å². The van der Waals surface area contributed by atoms with E-state index in [1.165, 1.54) is 0 Å². The Hall–Kier alpha value is -4.33. The molecule has 4 rings (SSSR count). The number of unbranched alkanes of at least 4 members (excludes halogenated alkanes) is 1. The van der Waals surface area contributed by atoms with E-state index < -0.39 is 11.7 Å². The van der Waals surface area contributed by atoms with Gasteiger partial charge in [0.25, 0.3) is 0 Å². The van der Waals surface area contributed by atoms with Crippen LogP contribution in [0.1, 0.15) is 32.1 Å². The van der Waals surface area contributed by atoms with Crippen LogP contribution in [0, 0.1) is 11.7 Å². The maximum absolute atomic E-state index is 14.6. The summed E-state index contributed by atoms with van der Waals surface area (Å²) in [5.41, 5.74) is 3.49. The third kappa shape index (κ3) is 10.2. The molecule has 1 unspecified atom stereocenters. The number of ether oxygens (including phenoxy) is 2. The van der Waals surface area contributed by atoms with Gasteiger partial charge in [-0.05, 0) is 81.2 Å². The Morgan fingerprint density at radius 1 is 1.07 bits per heavy atom. The van der Waals surface area contributed by atoms with Crippen LogP contribution in [-0.2, 0) is 14.3 Å². The molecular formula is C30H38FN7O5. The second kappa shape index (κ2) is 16.3. The normalized spacial score (nSPS) is 15.0. The molecule has 2 heterocycles. The third-order valence-corrected chi connectivity index (χ3v) is 6.93. The van der Waals surface area contributed by atoms with E-state index in [2.05, 4.69) is 30.8 Å². The maximum Gasteiger partial charge on any atom is 0.243 e. The zero-order valence-corrected chi connectivity index (χ0v) is 24.1. The molecule has 1 saturated heterocycles. The highest BCUT2D eigenvalue weighted by Gasteiger charge is 2.25. The molecule has 0 aliphatic carbocycles. The largest absolute Gasteiger partial charge is 0.491 e. The molecule has 0 spiro atoms. The molecule has 1 fully saturated rings. The van der Waals surface area contributed by atoms with E-state index in [-0.39, 0.29) is 30.0 Å². The second-order valence-electron chi connectivity index (χ2n) is 10.2. The predicted octanol–water partition coefficient (Wildman–Crippen LogP) is 4.45. The number of hydroxylamine groups is 1. The minimum Gasteiger partial charge on any atom is -0.491 e. The second-order valence-corrected chi connectivity index (χ2v) is 10.2. The smallest absolute Gasteiger partial charge is 0.243 e. The number of anilines is 5. The third-order valence-electron chi connectivity index (χ3n) is 6.93. The average Bonchev–Trinajstić information content (AvgIpc) is 3.02. The molecule has 0 bridgehead atoms. The van der Waals surface area contributed by atoms with Crippen molar-refractivity contribution in [2.45, 2.75) is 32.1 Å². The number of benzene rings is 2. The quantitative estimate of drug-likeness (QED) is 0.0969. The van der Waals surface area contributed by atoms with Gasteiger partial charge in [0.05, 0.1) is 18.7 Å². The highest BCUT2D eigenvalue weighted by Crippen LogP contribution is 2.25. The SMILES string of the molecule is COCCOc1ccc(Nc2ncc(F)c(Nc3cccc(NC(=O)C4CCCN(CCCCC(=O)NO)C4)c3)n2)cc1. The maximum atomic E-state index is 14.6. The van der Waals surface area contributed by atoms with Crippen LogP contribution in [0.2, 0.25) is 0 Å². The minimum atomic E-state index is -0.624. The van der Waals surface area contributed by atoms with Crippen molar-refractivity contribution in [3.05, 3.63) is 60.5 Å². The number of hydrogen-bond acceptors (Lipinski definition) is 10. The van der Waals surface area contributed by atoms with Crippen molar-refractivity contribution in [1.29, 1.82) is 0 Å². The lowest BCUT2D eigenvalue weighted by Gasteiger charge is -2.32. The van der Waals surface area contributed by atoms with Gasteiger partial charge in [-0.1, -0.05) is 6.07 Å². The first-order valence-corrected chi connectivity index (χ1v) is 14.3. The minimum absolute atomic E-state index is 0.0140. The van der Waals surface area contributed by atoms with Gasteiger partial charge in [-0.25, -0.2) is 14.9 Å². The fourth-order valence-corrected chi connectivity index (χ4v) is 4.73. The highest BCUT2D eigenvalue weighted by molar-refractivity contribution is 5.93. The highest BCUT2D eigenvalue weighted by atomic mass is 19.1. The summed E-state index contributed by atoms with van der Waals surface area (Å²) in [6.07, 6.45) is 4.53. The van der Waals surface area contributed by atoms with Gasteiger partial charge >= 0.3 is 0 Å². The summed E-state index contributed by atoms with van der Waals surface area (Å²) in [5.74, 6) is -0.361. The molecule has 1 aromatic heterocycles. The van der Waals surface area contributed by atoms with Crippen LogP contribution in [0.5, 0.6) is 5.75 Å². The number of halogens is 1. The Morgan fingerprint density at radius 3 is 2.67 bits per heavy atom. The summed E-state index contributed by atoms with van der Waals surface area (Å²) in [6.45, 7) is 3.27. The predicted molar refractivity (Wildman–Crippen MR) is 160 cm³/mol. The summed E-state index contributed by atoms with van der Waals surface area (Å²) in [4.78, 5) is 34.8. The van der Waals surface area contributed by atoms with Gasteiger partial charge in [-0.15, -0.1) is 0 Å². The van der Waals surface area contributed by atoms with Crippen molar-refractivity contribution < 1.29 is 28.7 Å². The first kappa shape index (κ1) is 31.6. The van der Waals surface area contributed by atoms with Crippen LogP contribution in [0.25, 0.3) is 0 Å². The first-order chi connectivity index (χ1) is 20.9. The fourth-order valence-electron chi connectivity index (χ4n) is 4.73. The van der Waals surface area contributed by atoms with Crippen molar-refractivity contribution in [2.75, 3.05) is 55.9 Å². The Balaban J connectivity index is 1.30.